The number of rotatable bonds is 4. The van der Waals surface area contributed by atoms with Crippen molar-refractivity contribution >= 4 is 22.7 Å². The molecule has 1 N–H and O–H groups in total. The van der Waals surface area contributed by atoms with Crippen molar-refractivity contribution in [3.8, 4) is 11.3 Å². The third-order valence-corrected chi connectivity index (χ3v) is 3.29. The first kappa shape index (κ1) is 12.4. The average Bonchev–Trinajstić information content (AvgIpc) is 2.98. The summed E-state index contributed by atoms with van der Waals surface area (Å²) < 4.78 is 0. The van der Waals surface area contributed by atoms with Gasteiger partial charge in [0.1, 0.15) is 0 Å². The van der Waals surface area contributed by atoms with Gasteiger partial charge >= 0.3 is 0 Å². The van der Waals surface area contributed by atoms with Gasteiger partial charge in [0.15, 0.2) is 0 Å². The summed E-state index contributed by atoms with van der Waals surface area (Å²) in [4.78, 5) is 12.5. The summed E-state index contributed by atoms with van der Waals surface area (Å²) in [5.74, 6) is 0. The standard InChI is InChI=1S/C14H11N5S/c1-2-11(8-16-5-1)9-17-19-14-18-13(10-20-14)12-3-6-15-7-4-12/h1-10H,(H,18,19)/b17-9+. The molecular weight excluding hydrogens is 270 g/mol. The topological polar surface area (TPSA) is 63.1 Å². The van der Waals surface area contributed by atoms with Crippen LogP contribution in [-0.2, 0) is 0 Å². The lowest BCUT2D eigenvalue weighted by atomic mass is 10.2. The molecule has 6 heteroatoms. The molecular formula is C14H11N5S. The van der Waals surface area contributed by atoms with E-state index in [4.69, 9.17) is 0 Å². The van der Waals surface area contributed by atoms with Crippen molar-refractivity contribution in [2.45, 2.75) is 0 Å². The Balaban J connectivity index is 1.68. The van der Waals surface area contributed by atoms with Gasteiger partial charge in [0.05, 0.1) is 11.9 Å². The van der Waals surface area contributed by atoms with Crippen LogP contribution in [0, 0.1) is 0 Å². The van der Waals surface area contributed by atoms with Gasteiger partial charge in [-0.25, -0.2) is 4.98 Å². The smallest absolute Gasteiger partial charge is 0.203 e. The van der Waals surface area contributed by atoms with Crippen LogP contribution >= 0.6 is 11.3 Å². The quantitative estimate of drug-likeness (QED) is 0.589. The Labute approximate surface area is 120 Å². The summed E-state index contributed by atoms with van der Waals surface area (Å²) in [6.45, 7) is 0. The van der Waals surface area contributed by atoms with Crippen LogP contribution in [0.5, 0.6) is 0 Å². The molecule has 5 nitrogen and oxygen atoms in total. The first-order chi connectivity index (χ1) is 9.92. The van der Waals surface area contributed by atoms with Crippen molar-refractivity contribution in [3.05, 3.63) is 60.0 Å². The summed E-state index contributed by atoms with van der Waals surface area (Å²) in [5.41, 5.74) is 5.81. The van der Waals surface area contributed by atoms with E-state index in [1.165, 1.54) is 11.3 Å². The van der Waals surface area contributed by atoms with Crippen molar-refractivity contribution < 1.29 is 0 Å². The molecule has 3 heterocycles. The SMILES string of the molecule is C(=N\Nc1nc(-c2ccncc2)cs1)/c1cccnc1. The van der Waals surface area contributed by atoms with Crippen LogP contribution in [-0.4, -0.2) is 21.2 Å². The Morgan fingerprint density at radius 3 is 2.80 bits per heavy atom. The lowest BCUT2D eigenvalue weighted by molar-refractivity contribution is 1.27. The zero-order valence-electron chi connectivity index (χ0n) is 10.5. The van der Waals surface area contributed by atoms with E-state index in [1.807, 2.05) is 29.6 Å². The molecule has 3 aromatic heterocycles. The van der Waals surface area contributed by atoms with E-state index in [0.717, 1.165) is 22.0 Å². The number of aromatic nitrogens is 3. The van der Waals surface area contributed by atoms with Gasteiger partial charge in [-0.2, -0.15) is 5.10 Å². The highest BCUT2D eigenvalue weighted by atomic mass is 32.1. The molecule has 0 amide bonds. The van der Waals surface area contributed by atoms with Gasteiger partial charge in [0.2, 0.25) is 5.13 Å². The fourth-order valence-electron chi connectivity index (χ4n) is 1.59. The number of thiazole rings is 1. The highest BCUT2D eigenvalue weighted by Gasteiger charge is 2.02. The number of nitrogens with zero attached hydrogens (tertiary/aromatic N) is 4. The third kappa shape index (κ3) is 3.04. The van der Waals surface area contributed by atoms with Crippen LogP contribution in [0.15, 0.2) is 59.5 Å². The minimum Gasteiger partial charge on any atom is -0.265 e. The van der Waals surface area contributed by atoms with Crippen LogP contribution in [0.25, 0.3) is 11.3 Å². The zero-order valence-corrected chi connectivity index (χ0v) is 11.3. The van der Waals surface area contributed by atoms with E-state index in [-0.39, 0.29) is 0 Å². The molecule has 0 radical (unpaired) electrons. The number of hydrogen-bond acceptors (Lipinski definition) is 6. The van der Waals surface area contributed by atoms with E-state index in [1.54, 1.807) is 31.0 Å². The Morgan fingerprint density at radius 2 is 2.00 bits per heavy atom. The maximum atomic E-state index is 4.46. The molecule has 0 fully saturated rings. The van der Waals surface area contributed by atoms with Gasteiger partial charge in [-0.15, -0.1) is 11.3 Å². The largest absolute Gasteiger partial charge is 0.265 e. The molecule has 20 heavy (non-hydrogen) atoms. The lowest BCUT2D eigenvalue weighted by Gasteiger charge is -1.95. The van der Waals surface area contributed by atoms with Gasteiger partial charge < -0.3 is 0 Å². The second-order valence-corrected chi connectivity index (χ2v) is 4.79. The van der Waals surface area contributed by atoms with E-state index < -0.39 is 0 Å². The number of anilines is 1. The maximum Gasteiger partial charge on any atom is 0.203 e. The minimum absolute atomic E-state index is 0.747. The molecule has 0 atom stereocenters. The van der Waals surface area contributed by atoms with Crippen LogP contribution in [0.1, 0.15) is 5.56 Å². The summed E-state index contributed by atoms with van der Waals surface area (Å²) >= 11 is 1.51. The normalized spacial score (nSPS) is 10.8. The molecule has 3 rings (SSSR count). The van der Waals surface area contributed by atoms with Gasteiger partial charge in [0.25, 0.3) is 0 Å². The van der Waals surface area contributed by atoms with E-state index in [0.29, 0.717) is 0 Å². The predicted molar refractivity (Wildman–Crippen MR) is 80.8 cm³/mol. The molecule has 0 bridgehead atoms. The zero-order chi connectivity index (χ0) is 13.6. The van der Waals surface area contributed by atoms with Gasteiger partial charge in [-0.3, -0.25) is 15.4 Å². The Morgan fingerprint density at radius 1 is 1.10 bits per heavy atom. The lowest BCUT2D eigenvalue weighted by Crippen LogP contribution is -1.90. The van der Waals surface area contributed by atoms with Crippen molar-refractivity contribution in [2.75, 3.05) is 5.43 Å². The van der Waals surface area contributed by atoms with E-state index in [9.17, 15) is 0 Å². The van der Waals surface area contributed by atoms with Crippen LogP contribution in [0.3, 0.4) is 0 Å². The Hall–Kier alpha value is -2.60. The Kier molecular flexibility index (Phi) is 3.75. The van der Waals surface area contributed by atoms with Crippen molar-refractivity contribution in [3.63, 3.8) is 0 Å². The van der Waals surface area contributed by atoms with Crippen LogP contribution < -0.4 is 5.43 Å². The fourth-order valence-corrected chi connectivity index (χ4v) is 2.26. The number of hydrazone groups is 1. The van der Waals surface area contributed by atoms with Crippen LogP contribution in [0.2, 0.25) is 0 Å². The molecule has 0 aliphatic heterocycles. The van der Waals surface area contributed by atoms with Crippen molar-refractivity contribution in [1.82, 2.24) is 15.0 Å². The number of pyridine rings is 2. The number of hydrogen-bond donors (Lipinski definition) is 1. The molecule has 3 aromatic rings. The molecule has 0 aliphatic carbocycles. The first-order valence-electron chi connectivity index (χ1n) is 5.97. The van der Waals surface area contributed by atoms with E-state index >= 15 is 0 Å². The highest BCUT2D eigenvalue weighted by molar-refractivity contribution is 7.14. The Bertz CT molecular complexity index is 694. The molecule has 0 spiro atoms. The van der Waals surface area contributed by atoms with Gasteiger partial charge in [-0.1, -0.05) is 6.07 Å². The first-order valence-corrected chi connectivity index (χ1v) is 6.85. The van der Waals surface area contributed by atoms with Gasteiger partial charge in [-0.05, 0) is 18.2 Å². The molecule has 0 saturated heterocycles. The number of nitrogens with one attached hydrogen (secondary N) is 1. The summed E-state index contributed by atoms with van der Waals surface area (Å²) in [6.07, 6.45) is 8.69. The molecule has 0 aromatic carbocycles. The fraction of sp³-hybridized carbons (Fsp3) is 0. The van der Waals surface area contributed by atoms with Crippen molar-refractivity contribution in [2.24, 2.45) is 5.10 Å². The summed E-state index contributed by atoms with van der Waals surface area (Å²) in [5, 5.41) is 6.87. The molecule has 0 saturated carbocycles. The summed E-state index contributed by atoms with van der Waals surface area (Å²) in [6, 6.07) is 7.66. The molecule has 0 unspecified atom stereocenters. The second-order valence-electron chi connectivity index (χ2n) is 3.93. The summed E-state index contributed by atoms with van der Waals surface area (Å²) in [7, 11) is 0. The van der Waals surface area contributed by atoms with E-state index in [2.05, 4.69) is 25.5 Å². The molecule has 98 valence electrons. The predicted octanol–water partition coefficient (Wildman–Crippen LogP) is 3.05. The van der Waals surface area contributed by atoms with Crippen molar-refractivity contribution in [1.29, 1.82) is 0 Å². The monoisotopic (exact) mass is 281 g/mol. The highest BCUT2D eigenvalue weighted by Crippen LogP contribution is 2.24. The maximum absolute atomic E-state index is 4.46. The third-order valence-electron chi connectivity index (χ3n) is 2.54. The molecule has 0 aliphatic rings. The van der Waals surface area contributed by atoms with Crippen LogP contribution in [0.4, 0.5) is 5.13 Å². The van der Waals surface area contributed by atoms with Gasteiger partial charge in [0, 0.05) is 41.3 Å². The minimum atomic E-state index is 0.747. The second kappa shape index (κ2) is 6.03. The average molecular weight is 281 g/mol.